The lowest BCUT2D eigenvalue weighted by Gasteiger charge is -2.33. The van der Waals surface area contributed by atoms with Gasteiger partial charge >= 0.3 is 5.97 Å². The third-order valence-electron chi connectivity index (χ3n) is 2.98. The molecule has 2 amide bonds. The van der Waals surface area contributed by atoms with Gasteiger partial charge in [-0.25, -0.2) is 4.39 Å². The molecule has 1 aromatic carbocycles. The SMILES string of the molecule is O=C(O)CCN1C(=O)CN(c2cccc(F)c2)CC1=O. The van der Waals surface area contributed by atoms with Gasteiger partial charge in [0.1, 0.15) is 5.82 Å². The van der Waals surface area contributed by atoms with Crippen molar-refractivity contribution >= 4 is 23.5 Å². The number of carboxylic acid groups (broad SMARTS) is 1. The molecule has 1 aliphatic rings. The molecule has 1 aliphatic heterocycles. The van der Waals surface area contributed by atoms with Crippen molar-refractivity contribution in [1.82, 2.24) is 4.90 Å². The monoisotopic (exact) mass is 280 g/mol. The quantitative estimate of drug-likeness (QED) is 0.811. The topological polar surface area (TPSA) is 77.9 Å². The third kappa shape index (κ3) is 3.11. The van der Waals surface area contributed by atoms with E-state index in [0.29, 0.717) is 5.69 Å². The Balaban J connectivity index is 2.08. The maximum Gasteiger partial charge on any atom is 0.305 e. The first-order valence-corrected chi connectivity index (χ1v) is 6.03. The van der Waals surface area contributed by atoms with Crippen molar-refractivity contribution in [3.8, 4) is 0 Å². The van der Waals surface area contributed by atoms with E-state index < -0.39 is 23.6 Å². The van der Waals surface area contributed by atoms with Crippen molar-refractivity contribution in [3.05, 3.63) is 30.1 Å². The van der Waals surface area contributed by atoms with Gasteiger partial charge in [-0.1, -0.05) is 6.07 Å². The maximum absolute atomic E-state index is 13.1. The number of carboxylic acids is 1. The lowest BCUT2D eigenvalue weighted by atomic mass is 10.2. The number of nitrogens with zero attached hydrogens (tertiary/aromatic N) is 2. The van der Waals surface area contributed by atoms with E-state index in [-0.39, 0.29) is 26.1 Å². The fourth-order valence-corrected chi connectivity index (χ4v) is 2.00. The Morgan fingerprint density at radius 1 is 1.25 bits per heavy atom. The first-order valence-electron chi connectivity index (χ1n) is 6.03. The zero-order chi connectivity index (χ0) is 14.7. The van der Waals surface area contributed by atoms with Crippen LogP contribution in [0.3, 0.4) is 0 Å². The smallest absolute Gasteiger partial charge is 0.305 e. The Kier molecular flexibility index (Phi) is 3.97. The molecule has 0 saturated carbocycles. The molecule has 1 fully saturated rings. The number of aliphatic carboxylic acids is 1. The number of benzene rings is 1. The molecule has 0 spiro atoms. The van der Waals surface area contributed by atoms with E-state index in [0.717, 1.165) is 4.90 Å². The number of rotatable bonds is 4. The predicted molar refractivity (Wildman–Crippen MR) is 67.6 cm³/mol. The highest BCUT2D eigenvalue weighted by molar-refractivity contribution is 6.02. The largest absolute Gasteiger partial charge is 0.481 e. The minimum Gasteiger partial charge on any atom is -0.481 e. The van der Waals surface area contributed by atoms with Crippen LogP contribution in [0.1, 0.15) is 6.42 Å². The van der Waals surface area contributed by atoms with Crippen LogP contribution in [0.25, 0.3) is 0 Å². The summed E-state index contributed by atoms with van der Waals surface area (Å²) in [7, 11) is 0. The van der Waals surface area contributed by atoms with Gasteiger partial charge in [0.15, 0.2) is 0 Å². The van der Waals surface area contributed by atoms with Gasteiger partial charge in [-0.05, 0) is 18.2 Å². The predicted octanol–water partition coefficient (Wildman–Crippen LogP) is 0.476. The first-order chi connectivity index (χ1) is 9.47. The molecule has 0 aliphatic carbocycles. The highest BCUT2D eigenvalue weighted by atomic mass is 19.1. The highest BCUT2D eigenvalue weighted by Gasteiger charge is 2.31. The van der Waals surface area contributed by atoms with Crippen LogP contribution in [-0.2, 0) is 14.4 Å². The van der Waals surface area contributed by atoms with E-state index in [1.54, 1.807) is 6.07 Å². The van der Waals surface area contributed by atoms with Gasteiger partial charge in [0, 0.05) is 12.2 Å². The van der Waals surface area contributed by atoms with E-state index in [1.165, 1.54) is 23.1 Å². The number of amides is 2. The number of carbonyl (C=O) groups excluding carboxylic acids is 2. The highest BCUT2D eigenvalue weighted by Crippen LogP contribution is 2.18. The molecular weight excluding hydrogens is 267 g/mol. The van der Waals surface area contributed by atoms with Crippen LogP contribution in [0.5, 0.6) is 0 Å². The van der Waals surface area contributed by atoms with Crippen LogP contribution in [0.4, 0.5) is 10.1 Å². The van der Waals surface area contributed by atoms with Gasteiger partial charge in [0.05, 0.1) is 19.5 Å². The first kappa shape index (κ1) is 14.0. The zero-order valence-corrected chi connectivity index (χ0v) is 10.6. The number of carbonyl (C=O) groups is 3. The van der Waals surface area contributed by atoms with Crippen molar-refractivity contribution in [2.75, 3.05) is 24.5 Å². The van der Waals surface area contributed by atoms with Gasteiger partial charge in [-0.2, -0.15) is 0 Å². The molecule has 0 aromatic heterocycles. The Bertz CT molecular complexity index is 543. The lowest BCUT2D eigenvalue weighted by molar-refractivity contribution is -0.146. The fourth-order valence-electron chi connectivity index (χ4n) is 2.00. The maximum atomic E-state index is 13.1. The number of halogens is 1. The number of hydrogen-bond donors (Lipinski definition) is 1. The van der Waals surface area contributed by atoms with Gasteiger partial charge in [-0.3, -0.25) is 19.3 Å². The van der Waals surface area contributed by atoms with Crippen LogP contribution < -0.4 is 4.90 Å². The second-order valence-corrected chi connectivity index (χ2v) is 4.42. The third-order valence-corrected chi connectivity index (χ3v) is 2.98. The van der Waals surface area contributed by atoms with E-state index in [4.69, 9.17) is 5.11 Å². The summed E-state index contributed by atoms with van der Waals surface area (Å²) in [5.41, 5.74) is 0.449. The summed E-state index contributed by atoms with van der Waals surface area (Å²) in [4.78, 5) is 36.6. The molecule has 1 heterocycles. The van der Waals surface area contributed by atoms with Crippen LogP contribution in [-0.4, -0.2) is 47.4 Å². The summed E-state index contributed by atoms with van der Waals surface area (Å²) < 4.78 is 13.1. The summed E-state index contributed by atoms with van der Waals surface area (Å²) in [6.45, 7) is -0.284. The Hall–Kier alpha value is -2.44. The normalized spacial score (nSPS) is 15.7. The molecule has 0 atom stereocenters. The van der Waals surface area contributed by atoms with Crippen LogP contribution in [0, 0.1) is 5.82 Å². The lowest BCUT2D eigenvalue weighted by Crippen LogP contribution is -2.54. The van der Waals surface area contributed by atoms with Gasteiger partial charge in [0.25, 0.3) is 0 Å². The van der Waals surface area contributed by atoms with Crippen molar-refractivity contribution in [1.29, 1.82) is 0 Å². The molecule has 1 N–H and O–H groups in total. The van der Waals surface area contributed by atoms with E-state index in [9.17, 15) is 18.8 Å². The number of imide groups is 1. The summed E-state index contributed by atoms with van der Waals surface area (Å²) in [6.07, 6.45) is -0.280. The summed E-state index contributed by atoms with van der Waals surface area (Å²) in [5, 5.41) is 8.58. The standard InChI is InChI=1S/C13H13FN2O4/c14-9-2-1-3-10(6-9)15-7-11(17)16(12(18)8-15)5-4-13(19)20/h1-3,6H,4-5,7-8H2,(H,19,20). The van der Waals surface area contributed by atoms with E-state index in [1.807, 2.05) is 0 Å². The molecule has 106 valence electrons. The van der Waals surface area contributed by atoms with Gasteiger partial charge < -0.3 is 10.0 Å². The average Bonchev–Trinajstić information content (AvgIpc) is 2.37. The number of piperazine rings is 1. The summed E-state index contributed by atoms with van der Waals surface area (Å²) in [6, 6.07) is 5.62. The molecule has 2 rings (SSSR count). The van der Waals surface area contributed by atoms with Crippen molar-refractivity contribution in [3.63, 3.8) is 0 Å². The van der Waals surface area contributed by atoms with E-state index in [2.05, 4.69) is 0 Å². The second-order valence-electron chi connectivity index (χ2n) is 4.42. The number of anilines is 1. The Morgan fingerprint density at radius 3 is 2.45 bits per heavy atom. The molecule has 0 unspecified atom stereocenters. The average molecular weight is 280 g/mol. The van der Waals surface area contributed by atoms with Crippen molar-refractivity contribution in [2.24, 2.45) is 0 Å². The Morgan fingerprint density at radius 2 is 1.90 bits per heavy atom. The summed E-state index contributed by atoms with van der Waals surface area (Å²) >= 11 is 0. The van der Waals surface area contributed by atoms with Crippen LogP contribution >= 0.6 is 0 Å². The zero-order valence-electron chi connectivity index (χ0n) is 10.6. The molecule has 0 bridgehead atoms. The minimum atomic E-state index is -1.07. The molecule has 6 nitrogen and oxygen atoms in total. The van der Waals surface area contributed by atoms with E-state index >= 15 is 0 Å². The molecule has 1 aromatic rings. The number of hydrogen-bond acceptors (Lipinski definition) is 4. The molecule has 1 saturated heterocycles. The molecular formula is C13H13FN2O4. The van der Waals surface area contributed by atoms with Gasteiger partial charge in [-0.15, -0.1) is 0 Å². The van der Waals surface area contributed by atoms with Crippen LogP contribution in [0.2, 0.25) is 0 Å². The van der Waals surface area contributed by atoms with Crippen LogP contribution in [0.15, 0.2) is 24.3 Å². The van der Waals surface area contributed by atoms with Gasteiger partial charge in [0.2, 0.25) is 11.8 Å². The van der Waals surface area contributed by atoms with Crippen molar-refractivity contribution in [2.45, 2.75) is 6.42 Å². The molecule has 0 radical (unpaired) electrons. The molecule has 20 heavy (non-hydrogen) atoms. The molecule has 7 heteroatoms. The Labute approximate surface area is 114 Å². The minimum absolute atomic E-state index is 0.0746. The van der Waals surface area contributed by atoms with Crippen molar-refractivity contribution < 1.29 is 23.9 Å². The summed E-state index contributed by atoms with van der Waals surface area (Å²) in [5.74, 6) is -2.48. The second kappa shape index (κ2) is 5.68. The fraction of sp³-hybridized carbons (Fsp3) is 0.308.